The maximum absolute atomic E-state index is 12.7. The van der Waals surface area contributed by atoms with Crippen LogP contribution in [-0.4, -0.2) is 50.6 Å². The van der Waals surface area contributed by atoms with E-state index in [1.165, 1.54) is 24.1 Å². The zero-order valence-electron chi connectivity index (χ0n) is 14.8. The zero-order valence-corrected chi connectivity index (χ0v) is 15.6. The smallest absolute Gasteiger partial charge is 0.321 e. The number of aliphatic carboxylic acids is 1. The predicted octanol–water partition coefficient (Wildman–Crippen LogP) is 1.62. The molecule has 0 aromatic heterocycles. The van der Waals surface area contributed by atoms with E-state index in [0.29, 0.717) is 18.7 Å². The minimum absolute atomic E-state index is 0.0251. The Morgan fingerprint density at radius 1 is 1.35 bits per heavy atom. The number of anilines is 1. The van der Waals surface area contributed by atoms with E-state index in [9.17, 15) is 23.1 Å². The second-order valence-electron chi connectivity index (χ2n) is 7.05. The van der Waals surface area contributed by atoms with Crippen molar-refractivity contribution in [1.82, 2.24) is 9.62 Å². The van der Waals surface area contributed by atoms with Crippen molar-refractivity contribution in [2.24, 2.45) is 11.3 Å². The summed E-state index contributed by atoms with van der Waals surface area (Å²) in [5.74, 6) is -0.864. The van der Waals surface area contributed by atoms with Crippen molar-refractivity contribution >= 4 is 27.7 Å². The van der Waals surface area contributed by atoms with Gasteiger partial charge in [0.2, 0.25) is 10.0 Å². The molecule has 2 atom stereocenters. The van der Waals surface area contributed by atoms with Crippen molar-refractivity contribution in [3.05, 3.63) is 23.8 Å². The Bertz CT molecular complexity index is 854. The van der Waals surface area contributed by atoms with E-state index < -0.39 is 27.4 Å². The van der Waals surface area contributed by atoms with E-state index in [1.807, 2.05) is 0 Å². The molecule has 2 amide bonds. The average Bonchev–Trinajstić information content (AvgIpc) is 3.15. The van der Waals surface area contributed by atoms with Gasteiger partial charge in [0.25, 0.3) is 0 Å². The van der Waals surface area contributed by atoms with E-state index in [1.54, 1.807) is 13.0 Å². The van der Waals surface area contributed by atoms with Gasteiger partial charge in [-0.2, -0.15) is 0 Å². The third-order valence-corrected chi connectivity index (χ3v) is 7.03. The number of aryl methyl sites for hydroxylation is 1. The summed E-state index contributed by atoms with van der Waals surface area (Å²) in [5.41, 5.74) is 0.275. The monoisotopic (exact) mass is 381 g/mol. The Morgan fingerprint density at radius 2 is 2.08 bits per heavy atom. The summed E-state index contributed by atoms with van der Waals surface area (Å²) < 4.78 is 26.2. The number of urea groups is 1. The van der Waals surface area contributed by atoms with Crippen LogP contribution in [0.5, 0.6) is 0 Å². The molecule has 1 aromatic carbocycles. The maximum atomic E-state index is 12.7. The molecule has 2 fully saturated rings. The predicted molar refractivity (Wildman–Crippen MR) is 95.4 cm³/mol. The number of carbonyl (C=O) groups excluding carboxylic acids is 1. The standard InChI is InChI=1S/C17H23N3O5S/c1-11-5-6-13(26(24,25)18-2)8-14(11)19-16(23)20-9-12-4-3-7-17(12,10-20)15(21)22/h5-6,8,12,18H,3-4,7,9-10H2,1-2H3,(H,19,23)(H,21,22)/t12-,17+/m0/s1. The largest absolute Gasteiger partial charge is 0.481 e. The van der Waals surface area contributed by atoms with Crippen molar-refractivity contribution in [3.63, 3.8) is 0 Å². The maximum Gasteiger partial charge on any atom is 0.321 e. The fraction of sp³-hybridized carbons (Fsp3) is 0.529. The fourth-order valence-corrected chi connectivity index (χ4v) is 4.76. The lowest BCUT2D eigenvalue weighted by atomic mass is 9.81. The van der Waals surface area contributed by atoms with E-state index in [4.69, 9.17) is 0 Å². The summed E-state index contributed by atoms with van der Waals surface area (Å²) in [5, 5.41) is 12.4. The molecule has 1 aromatic rings. The summed E-state index contributed by atoms with van der Waals surface area (Å²) in [6.45, 7) is 2.36. The van der Waals surface area contributed by atoms with Crippen LogP contribution in [0.3, 0.4) is 0 Å². The third kappa shape index (κ3) is 3.05. The summed E-state index contributed by atoms with van der Waals surface area (Å²) in [6.07, 6.45) is 2.27. The first kappa shape index (κ1) is 18.7. The SMILES string of the molecule is CNS(=O)(=O)c1ccc(C)c(NC(=O)N2C[C@@H]3CCC[C@@]3(C(=O)O)C2)c1. The van der Waals surface area contributed by atoms with E-state index >= 15 is 0 Å². The number of carboxylic acid groups (broad SMARTS) is 1. The summed E-state index contributed by atoms with van der Waals surface area (Å²) in [4.78, 5) is 26.0. The zero-order chi connectivity index (χ0) is 19.1. The fourth-order valence-electron chi connectivity index (χ4n) is 4.01. The van der Waals surface area contributed by atoms with Gasteiger partial charge < -0.3 is 15.3 Å². The Morgan fingerprint density at radius 3 is 2.69 bits per heavy atom. The van der Waals surface area contributed by atoms with Crippen LogP contribution in [0.15, 0.2) is 23.1 Å². The molecule has 0 unspecified atom stereocenters. The van der Waals surface area contributed by atoms with Gasteiger partial charge in [0.1, 0.15) is 0 Å². The molecule has 26 heavy (non-hydrogen) atoms. The van der Waals surface area contributed by atoms with Crippen LogP contribution < -0.4 is 10.0 Å². The number of amides is 2. The molecule has 1 saturated carbocycles. The van der Waals surface area contributed by atoms with Gasteiger partial charge >= 0.3 is 12.0 Å². The number of hydrogen-bond acceptors (Lipinski definition) is 4. The van der Waals surface area contributed by atoms with Gasteiger partial charge in [0.15, 0.2) is 0 Å². The van der Waals surface area contributed by atoms with Gasteiger partial charge in [-0.3, -0.25) is 4.79 Å². The number of fused-ring (bicyclic) bond motifs is 1. The molecule has 2 aliphatic rings. The minimum Gasteiger partial charge on any atom is -0.481 e. The number of nitrogens with zero attached hydrogens (tertiary/aromatic N) is 1. The Balaban J connectivity index is 1.79. The van der Waals surface area contributed by atoms with Crippen molar-refractivity contribution < 1.29 is 23.1 Å². The summed E-state index contributed by atoms with van der Waals surface area (Å²) in [7, 11) is -2.30. The van der Waals surface area contributed by atoms with Crippen molar-refractivity contribution in [2.75, 3.05) is 25.5 Å². The average molecular weight is 381 g/mol. The molecule has 0 bridgehead atoms. The summed E-state index contributed by atoms with van der Waals surface area (Å²) >= 11 is 0. The molecule has 1 aliphatic heterocycles. The van der Waals surface area contributed by atoms with Crippen molar-refractivity contribution in [2.45, 2.75) is 31.1 Å². The van der Waals surface area contributed by atoms with Gasteiger partial charge in [0.05, 0.1) is 10.3 Å². The Labute approximate surface area is 152 Å². The van der Waals surface area contributed by atoms with E-state index in [-0.39, 0.29) is 17.4 Å². The normalized spacial score (nSPS) is 25.2. The highest BCUT2D eigenvalue weighted by molar-refractivity contribution is 7.89. The molecule has 1 heterocycles. The highest BCUT2D eigenvalue weighted by Gasteiger charge is 2.55. The number of rotatable bonds is 4. The van der Waals surface area contributed by atoms with Crippen LogP contribution in [0.4, 0.5) is 10.5 Å². The first-order valence-electron chi connectivity index (χ1n) is 8.53. The lowest BCUT2D eigenvalue weighted by Crippen LogP contribution is -2.38. The molecular weight excluding hydrogens is 358 g/mol. The van der Waals surface area contributed by atoms with E-state index in [0.717, 1.165) is 18.4 Å². The highest BCUT2D eigenvalue weighted by atomic mass is 32.2. The van der Waals surface area contributed by atoms with Gasteiger partial charge in [-0.15, -0.1) is 0 Å². The minimum atomic E-state index is -3.62. The van der Waals surface area contributed by atoms with Gasteiger partial charge in [0, 0.05) is 18.8 Å². The van der Waals surface area contributed by atoms with Crippen molar-refractivity contribution in [1.29, 1.82) is 0 Å². The summed E-state index contributed by atoms with van der Waals surface area (Å²) in [6, 6.07) is 4.10. The van der Waals surface area contributed by atoms with Crippen LogP contribution in [0.25, 0.3) is 0 Å². The lowest BCUT2D eigenvalue weighted by Gasteiger charge is -2.23. The first-order valence-corrected chi connectivity index (χ1v) is 10.0. The molecule has 1 aliphatic carbocycles. The second kappa shape index (κ2) is 6.55. The molecule has 9 heteroatoms. The molecular formula is C17H23N3O5S. The molecule has 0 spiro atoms. The van der Waals surface area contributed by atoms with Crippen LogP contribution in [0.2, 0.25) is 0 Å². The number of benzene rings is 1. The molecule has 0 radical (unpaired) electrons. The number of carbonyl (C=O) groups is 2. The molecule has 3 N–H and O–H groups in total. The van der Waals surface area contributed by atoms with Crippen molar-refractivity contribution in [3.8, 4) is 0 Å². The number of sulfonamides is 1. The van der Waals surface area contributed by atoms with Crippen LogP contribution >= 0.6 is 0 Å². The van der Waals surface area contributed by atoms with Crippen LogP contribution in [-0.2, 0) is 14.8 Å². The van der Waals surface area contributed by atoms with Crippen LogP contribution in [0.1, 0.15) is 24.8 Å². The first-order chi connectivity index (χ1) is 12.2. The number of carboxylic acids is 1. The van der Waals surface area contributed by atoms with Gasteiger partial charge in [-0.25, -0.2) is 17.9 Å². The molecule has 8 nitrogen and oxygen atoms in total. The van der Waals surface area contributed by atoms with Gasteiger partial charge in [-0.1, -0.05) is 12.5 Å². The van der Waals surface area contributed by atoms with Crippen LogP contribution in [0, 0.1) is 18.3 Å². The quantitative estimate of drug-likeness (QED) is 0.733. The Kier molecular flexibility index (Phi) is 4.70. The Hall–Kier alpha value is -2.13. The van der Waals surface area contributed by atoms with E-state index in [2.05, 4.69) is 10.0 Å². The number of hydrogen-bond donors (Lipinski definition) is 3. The molecule has 1 saturated heterocycles. The number of likely N-dealkylation sites (tertiary alicyclic amines) is 1. The molecule has 142 valence electrons. The highest BCUT2D eigenvalue weighted by Crippen LogP contribution is 2.48. The number of nitrogens with one attached hydrogen (secondary N) is 2. The third-order valence-electron chi connectivity index (χ3n) is 5.61. The second-order valence-corrected chi connectivity index (χ2v) is 8.93. The lowest BCUT2D eigenvalue weighted by molar-refractivity contribution is -0.149. The van der Waals surface area contributed by atoms with Gasteiger partial charge in [-0.05, 0) is 50.4 Å². The topological polar surface area (TPSA) is 116 Å². The molecule has 3 rings (SSSR count).